The van der Waals surface area contributed by atoms with Gasteiger partial charge in [0.1, 0.15) is 0 Å². The van der Waals surface area contributed by atoms with Crippen LogP contribution in [0.2, 0.25) is 0 Å². The third kappa shape index (κ3) is 4.83. The normalized spacial score (nSPS) is 11.8. The zero-order valence-electron chi connectivity index (χ0n) is 21.6. The van der Waals surface area contributed by atoms with Gasteiger partial charge in [0.05, 0.1) is 21.2 Å². The molecule has 0 saturated carbocycles. The maximum Gasteiger partial charge on any atom is 0.270 e. The Morgan fingerprint density at radius 2 is 0.800 bits per heavy atom. The Morgan fingerprint density at radius 1 is 0.475 bits per heavy atom. The highest BCUT2D eigenvalue weighted by molar-refractivity contribution is 7.94. The van der Waals surface area contributed by atoms with Crippen LogP contribution in [0, 0.1) is 0 Å². The van der Waals surface area contributed by atoms with Gasteiger partial charge in [0.2, 0.25) is 11.8 Å². The molecule has 0 saturated heterocycles. The van der Waals surface area contributed by atoms with Crippen molar-refractivity contribution in [3.8, 4) is 0 Å². The van der Waals surface area contributed by atoms with Gasteiger partial charge in [-0.05, 0) is 70.1 Å². The summed E-state index contributed by atoms with van der Waals surface area (Å²) in [5.41, 5.74) is -0.00738. The third-order valence-electron chi connectivity index (χ3n) is 6.41. The Kier molecular flexibility index (Phi) is 6.91. The van der Waals surface area contributed by atoms with Gasteiger partial charge in [-0.3, -0.25) is 9.59 Å². The van der Waals surface area contributed by atoms with E-state index >= 15 is 0 Å². The summed E-state index contributed by atoms with van der Waals surface area (Å²) in [6, 6.07) is 28.8. The van der Waals surface area contributed by atoms with Crippen LogP contribution in [0.5, 0.6) is 0 Å². The molecule has 10 heteroatoms. The minimum atomic E-state index is -4.30. The highest BCUT2D eigenvalue weighted by Crippen LogP contribution is 2.31. The summed E-state index contributed by atoms with van der Waals surface area (Å²) in [6.07, 6.45) is 0. The first-order chi connectivity index (χ1) is 19.0. The zero-order valence-corrected chi connectivity index (χ0v) is 23.2. The summed E-state index contributed by atoms with van der Waals surface area (Å²) >= 11 is 0. The van der Waals surface area contributed by atoms with Crippen LogP contribution in [0.4, 0.5) is 11.4 Å². The maximum atomic E-state index is 13.5. The molecule has 2 amide bonds. The Hall–Kier alpha value is -4.54. The summed E-state index contributed by atoms with van der Waals surface area (Å²) in [5.74, 6) is -1.51. The van der Waals surface area contributed by atoms with Crippen LogP contribution in [-0.2, 0) is 29.6 Å². The first-order valence-corrected chi connectivity index (χ1v) is 15.1. The van der Waals surface area contributed by atoms with Crippen molar-refractivity contribution in [2.24, 2.45) is 0 Å². The molecule has 5 aromatic carbocycles. The molecule has 0 fully saturated rings. The SMILES string of the molecule is CC(=O)N(c1ccc(N(C(C)=O)S(=O)(=O)c2ccc3ccccc3c2)cc1)S(=O)(=O)c1ccc2ccccc2c1. The van der Waals surface area contributed by atoms with Gasteiger partial charge in [-0.25, -0.2) is 25.4 Å². The molecule has 0 heterocycles. The van der Waals surface area contributed by atoms with E-state index in [1.165, 1.54) is 48.5 Å². The van der Waals surface area contributed by atoms with E-state index in [0.29, 0.717) is 19.4 Å². The van der Waals surface area contributed by atoms with Gasteiger partial charge in [0.15, 0.2) is 0 Å². The topological polar surface area (TPSA) is 109 Å². The molecule has 0 N–H and O–H groups in total. The number of benzene rings is 5. The van der Waals surface area contributed by atoms with E-state index < -0.39 is 31.9 Å². The summed E-state index contributed by atoms with van der Waals surface area (Å²) < 4.78 is 55.5. The van der Waals surface area contributed by atoms with E-state index in [1.54, 1.807) is 36.4 Å². The monoisotopic (exact) mass is 572 g/mol. The Morgan fingerprint density at radius 3 is 1.12 bits per heavy atom. The van der Waals surface area contributed by atoms with E-state index in [4.69, 9.17) is 0 Å². The van der Waals surface area contributed by atoms with Crippen molar-refractivity contribution in [3.05, 3.63) is 109 Å². The van der Waals surface area contributed by atoms with Crippen molar-refractivity contribution >= 4 is 64.8 Å². The van der Waals surface area contributed by atoms with Gasteiger partial charge in [-0.15, -0.1) is 0 Å². The molecule has 0 aromatic heterocycles. The molecule has 5 rings (SSSR count). The van der Waals surface area contributed by atoms with E-state index in [0.717, 1.165) is 24.6 Å². The second-order valence-corrected chi connectivity index (χ2v) is 12.7. The van der Waals surface area contributed by atoms with Crippen molar-refractivity contribution in [1.82, 2.24) is 0 Å². The number of sulfonamides is 2. The number of carbonyl (C=O) groups is 2. The second kappa shape index (κ2) is 10.2. The molecule has 0 aliphatic heterocycles. The van der Waals surface area contributed by atoms with Crippen LogP contribution in [-0.4, -0.2) is 28.6 Å². The summed E-state index contributed by atoms with van der Waals surface area (Å²) in [7, 11) is -8.60. The minimum absolute atomic E-state index is 0.00369. The lowest BCUT2D eigenvalue weighted by Crippen LogP contribution is -2.36. The summed E-state index contributed by atoms with van der Waals surface area (Å²) in [6.45, 7) is 2.25. The van der Waals surface area contributed by atoms with Gasteiger partial charge in [0, 0.05) is 13.8 Å². The standard InChI is InChI=1S/C30H24N2O6S2/c1-21(33)31(39(35,36)29-17-11-23-7-3-5-9-25(23)19-29)27-13-15-28(16-14-27)32(22(2)34)40(37,38)30-18-12-24-8-4-6-10-26(24)20-30/h3-20H,1-2H3. The van der Waals surface area contributed by atoms with Crippen LogP contribution in [0.3, 0.4) is 0 Å². The highest BCUT2D eigenvalue weighted by Gasteiger charge is 2.31. The van der Waals surface area contributed by atoms with Crippen LogP contribution in [0.1, 0.15) is 13.8 Å². The number of nitrogens with zero attached hydrogens (tertiary/aromatic N) is 2. The number of amides is 2. The lowest BCUT2D eigenvalue weighted by Gasteiger charge is -2.24. The second-order valence-electron chi connectivity index (χ2n) is 9.11. The van der Waals surface area contributed by atoms with Crippen molar-refractivity contribution in [1.29, 1.82) is 0 Å². The molecule has 40 heavy (non-hydrogen) atoms. The number of fused-ring (bicyclic) bond motifs is 2. The summed E-state index contributed by atoms with van der Waals surface area (Å²) in [5, 5.41) is 3.08. The van der Waals surface area contributed by atoms with Crippen molar-refractivity contribution in [2.75, 3.05) is 8.61 Å². The molecule has 0 unspecified atom stereocenters. The molecular formula is C30H24N2O6S2. The Labute approximate surface area is 232 Å². The van der Waals surface area contributed by atoms with Crippen LogP contribution >= 0.6 is 0 Å². The molecular weight excluding hydrogens is 548 g/mol. The molecule has 202 valence electrons. The molecule has 0 spiro atoms. The van der Waals surface area contributed by atoms with Gasteiger partial charge < -0.3 is 0 Å². The molecule has 0 aliphatic rings. The molecule has 0 aliphatic carbocycles. The fraction of sp³-hybridized carbons (Fsp3) is 0.0667. The average molecular weight is 573 g/mol. The lowest BCUT2D eigenvalue weighted by molar-refractivity contribution is -0.116. The number of anilines is 2. The Bertz CT molecular complexity index is 1860. The molecule has 5 aromatic rings. The third-order valence-corrected chi connectivity index (χ3v) is 10.0. The number of carbonyl (C=O) groups excluding carboxylic acids is 2. The largest absolute Gasteiger partial charge is 0.274 e. The van der Waals surface area contributed by atoms with Crippen molar-refractivity contribution < 1.29 is 26.4 Å². The average Bonchev–Trinajstić information content (AvgIpc) is 2.93. The predicted octanol–water partition coefficient (Wildman–Crippen LogP) is 5.48. The fourth-order valence-corrected chi connectivity index (χ4v) is 7.50. The van der Waals surface area contributed by atoms with Crippen LogP contribution in [0.15, 0.2) is 119 Å². The van der Waals surface area contributed by atoms with Crippen molar-refractivity contribution in [2.45, 2.75) is 23.6 Å². The molecule has 0 bridgehead atoms. The lowest BCUT2D eigenvalue weighted by atomic mass is 10.1. The fourth-order valence-electron chi connectivity index (χ4n) is 4.57. The van der Waals surface area contributed by atoms with Crippen molar-refractivity contribution in [3.63, 3.8) is 0 Å². The summed E-state index contributed by atoms with van der Waals surface area (Å²) in [4.78, 5) is 25.0. The van der Waals surface area contributed by atoms with Gasteiger partial charge in [-0.1, -0.05) is 60.7 Å². The van der Waals surface area contributed by atoms with E-state index in [-0.39, 0.29) is 21.2 Å². The predicted molar refractivity (Wildman–Crippen MR) is 155 cm³/mol. The van der Waals surface area contributed by atoms with E-state index in [2.05, 4.69) is 0 Å². The quantitative estimate of drug-likeness (QED) is 0.267. The van der Waals surface area contributed by atoms with E-state index in [1.807, 2.05) is 24.3 Å². The first kappa shape index (κ1) is 27.0. The number of hydrogen-bond acceptors (Lipinski definition) is 6. The van der Waals surface area contributed by atoms with Crippen LogP contribution < -0.4 is 8.61 Å². The highest BCUT2D eigenvalue weighted by atomic mass is 32.2. The Balaban J connectivity index is 1.53. The van der Waals surface area contributed by atoms with Gasteiger partial charge >= 0.3 is 0 Å². The molecule has 0 atom stereocenters. The van der Waals surface area contributed by atoms with E-state index in [9.17, 15) is 26.4 Å². The van der Waals surface area contributed by atoms with Gasteiger partial charge in [0.25, 0.3) is 20.0 Å². The molecule has 0 radical (unpaired) electrons. The number of hydrogen-bond donors (Lipinski definition) is 0. The smallest absolute Gasteiger partial charge is 0.270 e. The maximum absolute atomic E-state index is 13.5. The van der Waals surface area contributed by atoms with Gasteiger partial charge in [-0.2, -0.15) is 0 Å². The minimum Gasteiger partial charge on any atom is -0.274 e. The zero-order chi connectivity index (χ0) is 28.7. The first-order valence-electron chi connectivity index (χ1n) is 12.2. The number of rotatable bonds is 6. The molecule has 8 nitrogen and oxygen atoms in total. The van der Waals surface area contributed by atoms with Crippen LogP contribution in [0.25, 0.3) is 21.5 Å².